The van der Waals surface area contributed by atoms with Crippen LogP contribution in [-0.2, 0) is 0 Å². The number of hydrogen-bond acceptors (Lipinski definition) is 7. The average molecular weight is 410 g/mol. The van der Waals surface area contributed by atoms with Crippen LogP contribution in [0.2, 0.25) is 0 Å². The van der Waals surface area contributed by atoms with Gasteiger partial charge in [-0.05, 0) is 31.9 Å². The van der Waals surface area contributed by atoms with Crippen molar-refractivity contribution in [1.29, 1.82) is 0 Å². The van der Waals surface area contributed by atoms with Gasteiger partial charge < -0.3 is 10.2 Å². The van der Waals surface area contributed by atoms with Gasteiger partial charge in [0.1, 0.15) is 0 Å². The maximum atomic E-state index is 12.9. The number of carbonyl (C=O) groups is 2. The van der Waals surface area contributed by atoms with Gasteiger partial charge in [-0.25, -0.2) is 19.0 Å². The third-order valence-electron chi connectivity index (χ3n) is 5.02. The summed E-state index contributed by atoms with van der Waals surface area (Å²) in [6.07, 6.45) is 7.83. The molecule has 1 saturated heterocycles. The monoisotopic (exact) mass is 410 g/mol. The Morgan fingerprint density at radius 2 is 1.90 bits per heavy atom. The van der Waals surface area contributed by atoms with Crippen molar-refractivity contribution in [2.75, 3.05) is 13.1 Å². The molecular weight excluding hydrogens is 391 g/mol. The van der Waals surface area contributed by atoms with Crippen LogP contribution in [0.3, 0.4) is 0 Å². The lowest BCUT2D eigenvalue weighted by Gasteiger charge is -2.39. The highest BCUT2D eigenvalue weighted by Crippen LogP contribution is 2.23. The number of likely N-dealkylation sites (tertiary alicyclic amines) is 1. The molecule has 10 nitrogen and oxygen atoms in total. The Balaban J connectivity index is 1.37. The van der Waals surface area contributed by atoms with E-state index in [0.29, 0.717) is 31.6 Å². The van der Waals surface area contributed by atoms with Crippen molar-refractivity contribution < 1.29 is 14.0 Å². The van der Waals surface area contributed by atoms with Crippen LogP contribution in [-0.4, -0.2) is 65.3 Å². The van der Waals surface area contributed by atoms with Crippen molar-refractivity contribution in [3.05, 3.63) is 60.5 Å². The number of nitrogens with one attached hydrogen (secondary N) is 1. The van der Waals surface area contributed by atoms with Crippen molar-refractivity contribution in [3.63, 3.8) is 0 Å². The molecule has 11 heteroatoms. The second-order valence-electron chi connectivity index (χ2n) is 7.29. The second-order valence-corrected chi connectivity index (χ2v) is 7.29. The smallest absolute Gasteiger partial charge is 0.289 e. The zero-order valence-corrected chi connectivity index (χ0v) is 16.2. The number of hydrogen-bond donors (Lipinski definition) is 1. The molecule has 0 aliphatic carbocycles. The Kier molecular flexibility index (Phi) is 5.17. The van der Waals surface area contributed by atoms with Crippen molar-refractivity contribution in [1.82, 2.24) is 40.2 Å². The van der Waals surface area contributed by atoms with Crippen LogP contribution in [0.5, 0.6) is 0 Å². The fourth-order valence-corrected chi connectivity index (χ4v) is 3.23. The van der Waals surface area contributed by atoms with E-state index in [4.69, 9.17) is 0 Å². The summed E-state index contributed by atoms with van der Waals surface area (Å²) in [6.45, 7) is 2.79. The number of halogens is 1. The fourth-order valence-electron chi connectivity index (χ4n) is 3.23. The van der Waals surface area contributed by atoms with Crippen LogP contribution in [0, 0.1) is 5.82 Å². The lowest BCUT2D eigenvalue weighted by Crippen LogP contribution is -2.54. The highest BCUT2D eigenvalue weighted by molar-refractivity contribution is 5.92. The molecule has 3 aromatic heterocycles. The maximum Gasteiger partial charge on any atom is 0.289 e. The number of aromatic nitrogens is 6. The molecule has 1 aliphatic heterocycles. The van der Waals surface area contributed by atoms with Crippen molar-refractivity contribution in [2.24, 2.45) is 0 Å². The molecule has 1 aliphatic rings. The van der Waals surface area contributed by atoms with E-state index in [1.807, 2.05) is 13.0 Å². The van der Waals surface area contributed by atoms with Gasteiger partial charge in [0.05, 0.1) is 30.5 Å². The number of pyridine rings is 1. The molecule has 154 valence electrons. The molecule has 0 bridgehead atoms. The van der Waals surface area contributed by atoms with Gasteiger partial charge in [0.2, 0.25) is 5.82 Å². The predicted octanol–water partition coefficient (Wildman–Crippen LogP) is 1.02. The van der Waals surface area contributed by atoms with Crippen LogP contribution >= 0.6 is 0 Å². The summed E-state index contributed by atoms with van der Waals surface area (Å²) < 4.78 is 14.4. The van der Waals surface area contributed by atoms with Crippen molar-refractivity contribution in [3.8, 4) is 5.69 Å². The minimum absolute atomic E-state index is 0.0943. The fraction of sp³-hybridized carbons (Fsp3) is 0.316. The third-order valence-corrected chi connectivity index (χ3v) is 5.02. The predicted molar refractivity (Wildman–Crippen MR) is 102 cm³/mol. The zero-order valence-electron chi connectivity index (χ0n) is 16.2. The molecule has 4 rings (SSSR count). The summed E-state index contributed by atoms with van der Waals surface area (Å²) in [6, 6.07) is 3.59. The summed E-state index contributed by atoms with van der Waals surface area (Å²) in [7, 11) is 0. The van der Waals surface area contributed by atoms with E-state index in [2.05, 4.69) is 30.6 Å². The molecule has 0 saturated carbocycles. The first-order valence-corrected chi connectivity index (χ1v) is 9.36. The second kappa shape index (κ2) is 7.93. The Morgan fingerprint density at radius 3 is 2.57 bits per heavy atom. The Bertz CT molecular complexity index is 1050. The van der Waals surface area contributed by atoms with Gasteiger partial charge >= 0.3 is 0 Å². The van der Waals surface area contributed by atoms with Gasteiger partial charge in [-0.1, -0.05) is 5.21 Å². The van der Waals surface area contributed by atoms with Gasteiger partial charge in [-0.2, -0.15) is 0 Å². The van der Waals surface area contributed by atoms with Crippen molar-refractivity contribution >= 4 is 11.8 Å². The van der Waals surface area contributed by atoms with E-state index in [1.54, 1.807) is 29.6 Å². The first-order valence-electron chi connectivity index (χ1n) is 9.36. The summed E-state index contributed by atoms with van der Waals surface area (Å²) in [4.78, 5) is 38.2. The van der Waals surface area contributed by atoms with E-state index in [9.17, 15) is 14.0 Å². The number of amides is 2. The van der Waals surface area contributed by atoms with E-state index < -0.39 is 17.3 Å². The summed E-state index contributed by atoms with van der Waals surface area (Å²) in [5, 5.41) is 10.9. The molecule has 3 aromatic rings. The number of nitrogens with zero attached hydrogens (tertiary/aromatic N) is 7. The number of piperidine rings is 1. The largest absolute Gasteiger partial charge is 0.344 e. The lowest BCUT2D eigenvalue weighted by atomic mass is 9.89. The third kappa shape index (κ3) is 4.14. The highest BCUT2D eigenvalue weighted by atomic mass is 19.1. The zero-order chi connectivity index (χ0) is 21.1. The Hall–Kier alpha value is -3.76. The summed E-state index contributed by atoms with van der Waals surface area (Å²) in [5.74, 6) is -1.40. The molecule has 0 aromatic carbocycles. The van der Waals surface area contributed by atoms with Crippen LogP contribution < -0.4 is 5.32 Å². The molecule has 0 spiro atoms. The van der Waals surface area contributed by atoms with Crippen LogP contribution in [0.4, 0.5) is 4.39 Å². The molecule has 0 atom stereocenters. The minimum atomic E-state index is -0.606. The first kappa shape index (κ1) is 19.6. The standard InChI is InChI=1S/C19H19FN8O2/c1-19(24-17(29)16-22-9-13(20)10-23-16)4-7-27(8-5-19)18(30)15-12-28(26-25-15)14-3-2-6-21-11-14/h2-3,6,9-12H,4-5,7-8H2,1H3,(H,24,29). The normalized spacial score (nSPS) is 15.6. The van der Waals surface area contributed by atoms with E-state index in [1.165, 1.54) is 4.68 Å². The van der Waals surface area contributed by atoms with E-state index >= 15 is 0 Å². The van der Waals surface area contributed by atoms with Crippen LogP contribution in [0.15, 0.2) is 43.1 Å². The molecule has 4 heterocycles. The van der Waals surface area contributed by atoms with Crippen LogP contribution in [0.1, 0.15) is 40.9 Å². The molecule has 0 unspecified atom stereocenters. The van der Waals surface area contributed by atoms with Gasteiger partial charge in [0, 0.05) is 24.8 Å². The number of rotatable bonds is 4. The molecular formula is C19H19FN8O2. The highest BCUT2D eigenvalue weighted by Gasteiger charge is 2.34. The Morgan fingerprint density at radius 1 is 1.17 bits per heavy atom. The summed E-state index contributed by atoms with van der Waals surface area (Å²) in [5.41, 5.74) is 0.422. The van der Waals surface area contributed by atoms with E-state index in [-0.39, 0.29) is 17.4 Å². The topological polar surface area (TPSA) is 119 Å². The maximum absolute atomic E-state index is 12.9. The molecule has 1 N–H and O–H groups in total. The Labute approximate surface area is 171 Å². The lowest BCUT2D eigenvalue weighted by molar-refractivity contribution is 0.0630. The quantitative estimate of drug-likeness (QED) is 0.682. The average Bonchev–Trinajstić information content (AvgIpc) is 3.25. The number of carbonyl (C=O) groups excluding carboxylic acids is 2. The first-order chi connectivity index (χ1) is 14.4. The summed E-state index contributed by atoms with van der Waals surface area (Å²) >= 11 is 0. The SMILES string of the molecule is CC1(NC(=O)c2ncc(F)cn2)CCN(C(=O)c2cn(-c3cccnc3)nn2)CC1. The van der Waals surface area contributed by atoms with Gasteiger partial charge in [-0.3, -0.25) is 14.6 Å². The van der Waals surface area contributed by atoms with Crippen molar-refractivity contribution in [2.45, 2.75) is 25.3 Å². The van der Waals surface area contributed by atoms with Gasteiger partial charge in [-0.15, -0.1) is 5.10 Å². The molecule has 2 amide bonds. The van der Waals surface area contributed by atoms with Crippen LogP contribution in [0.25, 0.3) is 5.69 Å². The van der Waals surface area contributed by atoms with Gasteiger partial charge in [0.25, 0.3) is 11.8 Å². The molecule has 0 radical (unpaired) electrons. The van der Waals surface area contributed by atoms with Gasteiger partial charge in [0.15, 0.2) is 11.5 Å². The molecule has 1 fully saturated rings. The van der Waals surface area contributed by atoms with E-state index in [0.717, 1.165) is 12.4 Å². The molecule has 30 heavy (non-hydrogen) atoms. The minimum Gasteiger partial charge on any atom is -0.344 e.